The van der Waals surface area contributed by atoms with Crippen molar-refractivity contribution in [3.8, 4) is 0 Å². The minimum atomic E-state index is 0.0417. The van der Waals surface area contributed by atoms with Crippen LogP contribution in [0.25, 0.3) is 0 Å². The molecule has 0 N–H and O–H groups in total. The van der Waals surface area contributed by atoms with E-state index in [0.29, 0.717) is 24.7 Å². The van der Waals surface area contributed by atoms with Crippen LogP contribution in [0.4, 0.5) is 0 Å². The Morgan fingerprint density at radius 2 is 2.12 bits per heavy atom. The molecule has 0 heterocycles. The number of Topliss-reactive ketones (excluding diaryl/α,β-unsaturated/α-hetero) is 1. The first-order valence-electron chi connectivity index (χ1n) is 2.69. The van der Waals surface area contributed by atoms with Gasteiger partial charge in [0, 0.05) is 12.0 Å². The molecule has 0 aliphatic heterocycles. The highest BCUT2D eigenvalue weighted by molar-refractivity contribution is 5.96. The number of allylic oxidation sites excluding steroid dienone is 1. The van der Waals surface area contributed by atoms with Crippen LogP contribution in [0.1, 0.15) is 19.3 Å². The first kappa shape index (κ1) is 5.35. The number of hydrogen-bond donors (Lipinski definition) is 0. The number of carbonyl (C=O) groups excluding carboxylic acids is 1. The third-order valence-electron chi connectivity index (χ3n) is 1.35. The normalized spacial score (nSPS) is 25.0. The van der Waals surface area contributed by atoms with Gasteiger partial charge in [0.05, 0.1) is 0 Å². The monoisotopic (exact) mass is 111 g/mol. The second-order valence-electron chi connectivity index (χ2n) is 1.92. The largest absolute Gasteiger partial charge is 0.298 e. The Balaban J connectivity index is 2.69. The molecule has 0 amide bonds. The molecule has 43 valence electrons. The second-order valence-corrected chi connectivity index (χ2v) is 1.92. The summed E-state index contributed by atoms with van der Waals surface area (Å²) in [6, 6.07) is 0. The van der Waals surface area contributed by atoms with Crippen LogP contribution in [-0.2, 0) is 9.90 Å². The van der Waals surface area contributed by atoms with Crippen molar-refractivity contribution in [2.45, 2.75) is 19.3 Å². The molecule has 0 bridgehead atoms. The topological polar surface area (TPSA) is 37.0 Å². The SMILES string of the molecule is [O]/C=C1/CCCC1=O. The van der Waals surface area contributed by atoms with E-state index in [1.54, 1.807) is 0 Å². The second kappa shape index (κ2) is 1.99. The maximum absolute atomic E-state index is 10.5. The number of ketones is 1. The van der Waals surface area contributed by atoms with E-state index < -0.39 is 0 Å². The molecule has 0 atom stereocenters. The van der Waals surface area contributed by atoms with Gasteiger partial charge in [-0.05, 0) is 12.8 Å². The molecule has 0 spiro atoms. The summed E-state index contributed by atoms with van der Waals surface area (Å²) in [6.07, 6.45) is 2.82. The molecule has 1 radical (unpaired) electrons. The van der Waals surface area contributed by atoms with Gasteiger partial charge >= 0.3 is 0 Å². The molecule has 0 aromatic carbocycles. The Kier molecular flexibility index (Phi) is 1.33. The first-order valence-corrected chi connectivity index (χ1v) is 2.69. The van der Waals surface area contributed by atoms with Gasteiger partial charge in [-0.2, -0.15) is 0 Å². The molecule has 1 aliphatic carbocycles. The molecule has 1 rings (SSSR count). The van der Waals surface area contributed by atoms with E-state index in [4.69, 9.17) is 0 Å². The summed E-state index contributed by atoms with van der Waals surface area (Å²) in [6.45, 7) is 0. The molecule has 1 saturated carbocycles. The predicted molar refractivity (Wildman–Crippen MR) is 27.6 cm³/mol. The van der Waals surface area contributed by atoms with Crippen LogP contribution in [-0.4, -0.2) is 5.78 Å². The summed E-state index contributed by atoms with van der Waals surface area (Å²) in [5.41, 5.74) is 0.477. The standard InChI is InChI=1S/C6H7O2/c7-4-5-2-1-3-6(5)8/h4H,1-3H2/b5-4-. The highest BCUT2D eigenvalue weighted by atomic mass is 16.2. The van der Waals surface area contributed by atoms with Crippen molar-refractivity contribution in [3.63, 3.8) is 0 Å². The summed E-state index contributed by atoms with van der Waals surface area (Å²) in [5.74, 6) is 0.0417. The van der Waals surface area contributed by atoms with Crippen molar-refractivity contribution in [1.82, 2.24) is 0 Å². The van der Waals surface area contributed by atoms with Crippen molar-refractivity contribution in [1.29, 1.82) is 0 Å². The number of carbonyl (C=O) groups is 1. The molecule has 0 saturated heterocycles. The minimum Gasteiger partial charge on any atom is -0.298 e. The summed E-state index contributed by atoms with van der Waals surface area (Å²) < 4.78 is 0. The molecule has 2 heteroatoms. The zero-order valence-corrected chi connectivity index (χ0v) is 4.52. The fourth-order valence-electron chi connectivity index (χ4n) is 0.864. The molecular formula is C6H7O2. The molecule has 1 aliphatic rings. The van der Waals surface area contributed by atoms with Crippen LogP contribution >= 0.6 is 0 Å². The van der Waals surface area contributed by atoms with Crippen LogP contribution in [0.3, 0.4) is 0 Å². The lowest BCUT2D eigenvalue weighted by atomic mass is 10.2. The van der Waals surface area contributed by atoms with E-state index in [1.165, 1.54) is 0 Å². The zero-order valence-electron chi connectivity index (χ0n) is 4.52. The molecular weight excluding hydrogens is 104 g/mol. The van der Waals surface area contributed by atoms with Gasteiger partial charge < -0.3 is 0 Å². The lowest BCUT2D eigenvalue weighted by Gasteiger charge is -1.82. The highest BCUT2D eigenvalue weighted by Gasteiger charge is 2.16. The van der Waals surface area contributed by atoms with Gasteiger partial charge in [0.2, 0.25) is 0 Å². The lowest BCUT2D eigenvalue weighted by Crippen LogP contribution is -1.89. The van der Waals surface area contributed by atoms with Crippen LogP contribution in [0.15, 0.2) is 11.8 Å². The lowest BCUT2D eigenvalue weighted by molar-refractivity contribution is -0.114. The minimum absolute atomic E-state index is 0.0417. The van der Waals surface area contributed by atoms with Gasteiger partial charge in [-0.1, -0.05) is 0 Å². The summed E-state index contributed by atoms with van der Waals surface area (Å²) in [4.78, 5) is 10.5. The van der Waals surface area contributed by atoms with E-state index in [0.717, 1.165) is 6.42 Å². The fraction of sp³-hybridized carbons (Fsp3) is 0.500. The van der Waals surface area contributed by atoms with E-state index in [1.807, 2.05) is 0 Å². The Morgan fingerprint density at radius 3 is 2.38 bits per heavy atom. The van der Waals surface area contributed by atoms with E-state index in [-0.39, 0.29) is 5.78 Å². The maximum atomic E-state index is 10.5. The third-order valence-corrected chi connectivity index (χ3v) is 1.35. The Bertz CT molecular complexity index is 135. The van der Waals surface area contributed by atoms with Crippen LogP contribution < -0.4 is 0 Å². The summed E-state index contributed by atoms with van der Waals surface area (Å²) in [7, 11) is 0. The molecule has 0 aromatic heterocycles. The first-order chi connectivity index (χ1) is 3.84. The van der Waals surface area contributed by atoms with Gasteiger partial charge in [0.15, 0.2) is 5.78 Å². The molecule has 2 nitrogen and oxygen atoms in total. The van der Waals surface area contributed by atoms with Crippen LogP contribution in [0, 0.1) is 0 Å². The van der Waals surface area contributed by atoms with Gasteiger partial charge in [-0.15, -0.1) is 0 Å². The van der Waals surface area contributed by atoms with E-state index in [9.17, 15) is 9.90 Å². The molecule has 8 heavy (non-hydrogen) atoms. The van der Waals surface area contributed by atoms with Gasteiger partial charge in [-0.25, -0.2) is 0 Å². The van der Waals surface area contributed by atoms with Crippen molar-refractivity contribution in [2.24, 2.45) is 0 Å². The van der Waals surface area contributed by atoms with Gasteiger partial charge in [-0.3, -0.25) is 9.90 Å². The van der Waals surface area contributed by atoms with Crippen molar-refractivity contribution in [2.75, 3.05) is 0 Å². The van der Waals surface area contributed by atoms with Crippen LogP contribution in [0.5, 0.6) is 0 Å². The average molecular weight is 111 g/mol. The number of rotatable bonds is 0. The van der Waals surface area contributed by atoms with Crippen LogP contribution in [0.2, 0.25) is 0 Å². The smallest absolute Gasteiger partial charge is 0.162 e. The van der Waals surface area contributed by atoms with E-state index in [2.05, 4.69) is 0 Å². The summed E-state index contributed by atoms with van der Waals surface area (Å²) >= 11 is 0. The Labute approximate surface area is 47.8 Å². The predicted octanol–water partition coefficient (Wildman–Crippen LogP) is 1.05. The van der Waals surface area contributed by atoms with Gasteiger partial charge in [0.1, 0.15) is 6.26 Å². The summed E-state index contributed by atoms with van der Waals surface area (Å²) in [5, 5.41) is 9.96. The Hall–Kier alpha value is -0.790. The van der Waals surface area contributed by atoms with Gasteiger partial charge in [0.25, 0.3) is 0 Å². The Morgan fingerprint density at radius 1 is 1.38 bits per heavy atom. The third kappa shape index (κ3) is 0.735. The molecule has 1 fully saturated rings. The van der Waals surface area contributed by atoms with Crippen molar-refractivity contribution >= 4 is 5.78 Å². The zero-order chi connectivity index (χ0) is 5.98. The van der Waals surface area contributed by atoms with Crippen molar-refractivity contribution < 1.29 is 9.90 Å². The maximum Gasteiger partial charge on any atom is 0.162 e. The quantitative estimate of drug-likeness (QED) is 0.340. The average Bonchev–Trinajstić information content (AvgIpc) is 2.14. The molecule has 0 unspecified atom stereocenters. The number of hydrogen-bond acceptors (Lipinski definition) is 1. The van der Waals surface area contributed by atoms with Crippen molar-refractivity contribution in [3.05, 3.63) is 11.8 Å². The molecule has 0 aromatic rings. The fourth-order valence-corrected chi connectivity index (χ4v) is 0.864. The highest BCUT2D eigenvalue weighted by Crippen LogP contribution is 2.18. The van der Waals surface area contributed by atoms with E-state index >= 15 is 0 Å².